The molecule has 2 fully saturated rings. The fourth-order valence-electron chi connectivity index (χ4n) is 5.57. The van der Waals surface area contributed by atoms with Crippen molar-refractivity contribution in [1.82, 2.24) is 20.2 Å². The Balaban J connectivity index is 1.25. The standard InChI is InChI=1S/C26H34ClN5O3/c1-17-14-22(33)24-23(17)25(30-16-29-24)31-9-11-32(12-10-31)26(34)21(18-2-4-19(27)5-3-18)6-8-28-20-7-13-35-15-20/h2-5,16-17,20-22,28,33H,6-15H2,1H3/t17-,20?,21-,22+/m1/s1. The summed E-state index contributed by atoms with van der Waals surface area (Å²) < 4.78 is 5.46. The highest BCUT2D eigenvalue weighted by molar-refractivity contribution is 6.30. The maximum absolute atomic E-state index is 13.7. The molecule has 1 aliphatic carbocycles. The summed E-state index contributed by atoms with van der Waals surface area (Å²) in [5, 5.41) is 14.6. The molecule has 2 aromatic rings. The molecule has 2 N–H and O–H groups in total. The van der Waals surface area contributed by atoms with Crippen molar-refractivity contribution in [2.24, 2.45) is 0 Å². The van der Waals surface area contributed by atoms with Gasteiger partial charge in [-0.2, -0.15) is 0 Å². The average molecular weight is 500 g/mol. The number of aliphatic hydroxyl groups excluding tert-OH is 1. The second-order valence-electron chi connectivity index (χ2n) is 9.87. The number of halogens is 1. The third-order valence-electron chi connectivity index (χ3n) is 7.54. The van der Waals surface area contributed by atoms with Crippen LogP contribution in [0.15, 0.2) is 30.6 Å². The van der Waals surface area contributed by atoms with E-state index in [1.165, 1.54) is 0 Å². The van der Waals surface area contributed by atoms with Gasteiger partial charge in [0.2, 0.25) is 5.91 Å². The molecule has 1 amide bonds. The van der Waals surface area contributed by atoms with Gasteiger partial charge in [0.15, 0.2) is 0 Å². The molecule has 188 valence electrons. The van der Waals surface area contributed by atoms with Crippen LogP contribution in [-0.4, -0.2) is 77.9 Å². The Kier molecular flexibility index (Phi) is 7.53. The lowest BCUT2D eigenvalue weighted by molar-refractivity contribution is -0.133. The van der Waals surface area contributed by atoms with E-state index in [1.807, 2.05) is 29.2 Å². The molecule has 9 heteroatoms. The zero-order valence-electron chi connectivity index (χ0n) is 20.2. The summed E-state index contributed by atoms with van der Waals surface area (Å²) in [5.74, 6) is 1.08. The first kappa shape index (κ1) is 24.4. The van der Waals surface area contributed by atoms with Crippen molar-refractivity contribution in [2.75, 3.05) is 50.8 Å². The van der Waals surface area contributed by atoms with Crippen LogP contribution in [-0.2, 0) is 9.53 Å². The Morgan fingerprint density at radius 3 is 2.71 bits per heavy atom. The van der Waals surface area contributed by atoms with Crippen molar-refractivity contribution in [3.05, 3.63) is 52.4 Å². The number of aliphatic hydroxyl groups is 1. The fourth-order valence-corrected chi connectivity index (χ4v) is 5.69. The Bertz CT molecular complexity index is 1020. The predicted octanol–water partition coefficient (Wildman–Crippen LogP) is 2.87. The summed E-state index contributed by atoms with van der Waals surface area (Å²) >= 11 is 6.12. The van der Waals surface area contributed by atoms with Crippen LogP contribution < -0.4 is 10.2 Å². The molecule has 2 aliphatic heterocycles. The summed E-state index contributed by atoms with van der Waals surface area (Å²) in [5.41, 5.74) is 2.81. The molecule has 0 spiro atoms. The van der Waals surface area contributed by atoms with Gasteiger partial charge in [-0.15, -0.1) is 0 Å². The van der Waals surface area contributed by atoms with E-state index in [1.54, 1.807) is 6.33 Å². The van der Waals surface area contributed by atoms with Gasteiger partial charge in [-0.1, -0.05) is 30.7 Å². The van der Waals surface area contributed by atoms with Crippen LogP contribution in [0.1, 0.15) is 60.9 Å². The van der Waals surface area contributed by atoms with Gasteiger partial charge >= 0.3 is 0 Å². The highest BCUT2D eigenvalue weighted by Crippen LogP contribution is 2.42. The quantitative estimate of drug-likeness (QED) is 0.605. The Hall–Kier alpha value is -2.26. The van der Waals surface area contributed by atoms with Gasteiger partial charge < -0.3 is 25.0 Å². The van der Waals surface area contributed by atoms with Gasteiger partial charge in [-0.05, 0) is 49.4 Å². The van der Waals surface area contributed by atoms with E-state index in [4.69, 9.17) is 16.3 Å². The number of piperazine rings is 1. The third-order valence-corrected chi connectivity index (χ3v) is 7.79. The highest BCUT2D eigenvalue weighted by atomic mass is 35.5. The van der Waals surface area contributed by atoms with Gasteiger partial charge in [0.25, 0.3) is 0 Å². The molecule has 2 saturated heterocycles. The van der Waals surface area contributed by atoms with E-state index >= 15 is 0 Å². The maximum atomic E-state index is 13.7. The summed E-state index contributed by atoms with van der Waals surface area (Å²) in [6.45, 7) is 7.13. The zero-order valence-corrected chi connectivity index (χ0v) is 21.0. The minimum Gasteiger partial charge on any atom is -0.387 e. The molecular weight excluding hydrogens is 466 g/mol. The van der Waals surface area contributed by atoms with Crippen LogP contribution in [0.3, 0.4) is 0 Å². The normalized spacial score (nSPS) is 25.1. The van der Waals surface area contributed by atoms with Crippen molar-refractivity contribution in [2.45, 2.75) is 50.2 Å². The molecule has 1 aromatic heterocycles. The monoisotopic (exact) mass is 499 g/mol. The minimum absolute atomic E-state index is 0.160. The molecule has 35 heavy (non-hydrogen) atoms. The molecule has 4 atom stereocenters. The molecule has 8 nitrogen and oxygen atoms in total. The summed E-state index contributed by atoms with van der Waals surface area (Å²) in [7, 11) is 0. The summed E-state index contributed by atoms with van der Waals surface area (Å²) in [4.78, 5) is 26.8. The van der Waals surface area contributed by atoms with E-state index in [0.29, 0.717) is 43.7 Å². The topological polar surface area (TPSA) is 90.8 Å². The van der Waals surface area contributed by atoms with Crippen LogP contribution in [0.2, 0.25) is 5.02 Å². The number of fused-ring (bicyclic) bond motifs is 1. The van der Waals surface area contributed by atoms with E-state index in [9.17, 15) is 9.90 Å². The Morgan fingerprint density at radius 2 is 2.00 bits per heavy atom. The van der Waals surface area contributed by atoms with Crippen LogP contribution >= 0.6 is 11.6 Å². The molecule has 0 bridgehead atoms. The molecule has 0 radical (unpaired) electrons. The van der Waals surface area contributed by atoms with Crippen LogP contribution in [0, 0.1) is 0 Å². The van der Waals surface area contributed by atoms with Gasteiger partial charge in [-0.25, -0.2) is 9.97 Å². The summed E-state index contributed by atoms with van der Waals surface area (Å²) in [6.07, 6.45) is 3.46. The molecular formula is C26H34ClN5O3. The van der Waals surface area contributed by atoms with Crippen LogP contribution in [0.4, 0.5) is 5.82 Å². The first-order chi connectivity index (χ1) is 17.0. The van der Waals surface area contributed by atoms with E-state index < -0.39 is 6.10 Å². The number of aromatic nitrogens is 2. The molecule has 3 aliphatic rings. The lowest BCUT2D eigenvalue weighted by atomic mass is 9.93. The van der Waals surface area contributed by atoms with Crippen molar-refractivity contribution in [3.63, 3.8) is 0 Å². The highest BCUT2D eigenvalue weighted by Gasteiger charge is 2.35. The first-order valence-electron chi connectivity index (χ1n) is 12.6. The molecule has 1 unspecified atom stereocenters. The van der Waals surface area contributed by atoms with Gasteiger partial charge in [-0.3, -0.25) is 4.79 Å². The Morgan fingerprint density at radius 1 is 1.23 bits per heavy atom. The fraction of sp³-hybridized carbons (Fsp3) is 0.577. The van der Waals surface area contributed by atoms with E-state index in [2.05, 4.69) is 27.1 Å². The maximum Gasteiger partial charge on any atom is 0.230 e. The number of hydrogen-bond donors (Lipinski definition) is 2. The van der Waals surface area contributed by atoms with E-state index in [-0.39, 0.29) is 17.7 Å². The average Bonchev–Trinajstić information content (AvgIpc) is 3.50. The van der Waals surface area contributed by atoms with Crippen molar-refractivity contribution in [3.8, 4) is 0 Å². The largest absolute Gasteiger partial charge is 0.387 e. The van der Waals surface area contributed by atoms with Gasteiger partial charge in [0, 0.05) is 49.4 Å². The number of anilines is 1. The Labute approximate surface area is 211 Å². The molecule has 0 saturated carbocycles. The minimum atomic E-state index is -0.519. The second-order valence-corrected chi connectivity index (χ2v) is 10.3. The number of benzene rings is 1. The number of ether oxygens (including phenoxy) is 1. The van der Waals surface area contributed by atoms with Gasteiger partial charge in [0.05, 0.1) is 24.3 Å². The number of carbonyl (C=O) groups is 1. The van der Waals surface area contributed by atoms with Gasteiger partial charge in [0.1, 0.15) is 12.1 Å². The summed E-state index contributed by atoms with van der Waals surface area (Å²) in [6, 6.07) is 8.03. The second kappa shape index (κ2) is 10.8. The molecule has 3 heterocycles. The predicted molar refractivity (Wildman–Crippen MR) is 135 cm³/mol. The zero-order chi connectivity index (χ0) is 24.4. The SMILES string of the molecule is C[C@@H]1C[C@H](O)c2ncnc(N3CCN(C(=O)[C@H](CCNC4CCOC4)c4ccc(Cl)cc4)CC3)c21. The number of nitrogens with zero attached hydrogens (tertiary/aromatic N) is 4. The lowest BCUT2D eigenvalue weighted by Crippen LogP contribution is -2.50. The van der Waals surface area contributed by atoms with Crippen molar-refractivity contribution in [1.29, 1.82) is 0 Å². The van der Waals surface area contributed by atoms with Crippen molar-refractivity contribution < 1.29 is 14.6 Å². The third kappa shape index (κ3) is 5.31. The van der Waals surface area contributed by atoms with Crippen LogP contribution in [0.25, 0.3) is 0 Å². The number of nitrogens with one attached hydrogen (secondary N) is 1. The van der Waals surface area contributed by atoms with E-state index in [0.717, 1.165) is 55.2 Å². The number of carbonyl (C=O) groups excluding carboxylic acids is 1. The lowest BCUT2D eigenvalue weighted by Gasteiger charge is -2.38. The van der Waals surface area contributed by atoms with Crippen molar-refractivity contribution >= 4 is 23.3 Å². The molecule has 1 aromatic carbocycles. The number of amides is 1. The number of rotatable bonds is 7. The smallest absolute Gasteiger partial charge is 0.230 e. The first-order valence-corrected chi connectivity index (χ1v) is 13.0. The van der Waals surface area contributed by atoms with Crippen LogP contribution in [0.5, 0.6) is 0 Å². The number of hydrogen-bond acceptors (Lipinski definition) is 7. The molecule has 5 rings (SSSR count).